The Morgan fingerprint density at radius 3 is 2.81 bits per heavy atom. The molecule has 1 aromatic rings. The van der Waals surface area contributed by atoms with Crippen LogP contribution in [0.15, 0.2) is 24.3 Å². The summed E-state index contributed by atoms with van der Waals surface area (Å²) in [6, 6.07) is 5.46. The zero-order valence-electron chi connectivity index (χ0n) is 9.56. The van der Waals surface area contributed by atoms with Gasteiger partial charge in [-0.05, 0) is 36.6 Å². The van der Waals surface area contributed by atoms with Crippen molar-refractivity contribution in [2.45, 2.75) is 20.3 Å². The number of allylic oxidation sites excluding steroid dienone is 1. The smallest absolute Gasteiger partial charge is 0.185 e. The van der Waals surface area contributed by atoms with Gasteiger partial charge in [-0.15, -0.1) is 0 Å². The number of carbonyl (C=O) groups excluding carboxylic acids is 1. The van der Waals surface area contributed by atoms with Crippen LogP contribution in [0.3, 0.4) is 0 Å². The van der Waals surface area contributed by atoms with Gasteiger partial charge < -0.3 is 5.11 Å². The molecule has 0 atom stereocenters. The van der Waals surface area contributed by atoms with Crippen molar-refractivity contribution in [3.05, 3.63) is 35.4 Å². The van der Waals surface area contributed by atoms with Crippen molar-refractivity contribution in [3.63, 3.8) is 0 Å². The maximum absolute atomic E-state index is 10.7. The van der Waals surface area contributed by atoms with Gasteiger partial charge in [0.05, 0.1) is 0 Å². The molecule has 3 heteroatoms. The molecule has 1 N–H and O–H groups in total. The number of phenols is 1. The number of benzene rings is 1. The molecular formula is C13H16O2S. The average Bonchev–Trinajstić information content (AvgIpc) is 2.15. The number of aryl methyl sites for hydroxylation is 1. The quantitative estimate of drug-likeness (QED) is 0.814. The number of thioether (sulfide) groups is 1. The molecule has 86 valence electrons. The molecule has 2 nitrogen and oxygen atoms in total. The number of carbonyl (C=O) groups is 1. The summed E-state index contributed by atoms with van der Waals surface area (Å²) in [5.41, 5.74) is 2.03. The van der Waals surface area contributed by atoms with E-state index in [2.05, 4.69) is 0 Å². The van der Waals surface area contributed by atoms with E-state index in [4.69, 9.17) is 0 Å². The second-order valence-corrected chi connectivity index (χ2v) is 4.90. The molecule has 0 amide bonds. The molecular weight excluding hydrogens is 220 g/mol. The van der Waals surface area contributed by atoms with Crippen LogP contribution in [0, 0.1) is 6.92 Å². The largest absolute Gasteiger partial charge is 0.508 e. The van der Waals surface area contributed by atoms with E-state index in [0.717, 1.165) is 23.3 Å². The van der Waals surface area contributed by atoms with Gasteiger partial charge in [-0.3, -0.25) is 4.79 Å². The second kappa shape index (κ2) is 6.38. The fraction of sp³-hybridized carbons (Fsp3) is 0.308. The molecule has 1 rings (SSSR count). The molecule has 1 aromatic carbocycles. The Labute approximate surface area is 100 Å². The van der Waals surface area contributed by atoms with Crippen molar-refractivity contribution < 1.29 is 9.90 Å². The van der Waals surface area contributed by atoms with Crippen molar-refractivity contribution in [1.82, 2.24) is 0 Å². The third-order valence-corrected chi connectivity index (χ3v) is 2.83. The van der Waals surface area contributed by atoms with Gasteiger partial charge >= 0.3 is 0 Å². The van der Waals surface area contributed by atoms with E-state index in [0.29, 0.717) is 0 Å². The summed E-state index contributed by atoms with van der Waals surface area (Å²) in [5.74, 6) is 1.10. The maximum Gasteiger partial charge on any atom is 0.185 e. The summed E-state index contributed by atoms with van der Waals surface area (Å²) in [7, 11) is 0. The van der Waals surface area contributed by atoms with Crippen LogP contribution in [0.2, 0.25) is 0 Å². The summed E-state index contributed by atoms with van der Waals surface area (Å²) >= 11 is 1.33. The SMILES string of the molecule is CC(=O)SCCC=Cc1cc(C)cc(O)c1. The Morgan fingerprint density at radius 1 is 1.44 bits per heavy atom. The van der Waals surface area contributed by atoms with Crippen LogP contribution >= 0.6 is 11.8 Å². The van der Waals surface area contributed by atoms with E-state index in [1.54, 1.807) is 19.1 Å². The van der Waals surface area contributed by atoms with Gasteiger partial charge in [0.2, 0.25) is 0 Å². The van der Waals surface area contributed by atoms with E-state index in [1.807, 2.05) is 25.1 Å². The van der Waals surface area contributed by atoms with E-state index < -0.39 is 0 Å². The van der Waals surface area contributed by atoms with Crippen LogP contribution in [0.4, 0.5) is 0 Å². The van der Waals surface area contributed by atoms with Gasteiger partial charge in [-0.1, -0.05) is 30.0 Å². The van der Waals surface area contributed by atoms with Crippen molar-refractivity contribution >= 4 is 23.0 Å². The Kier molecular flexibility index (Phi) is 5.12. The van der Waals surface area contributed by atoms with Crippen LogP contribution in [0.1, 0.15) is 24.5 Å². The summed E-state index contributed by atoms with van der Waals surface area (Å²) < 4.78 is 0. The third-order valence-electron chi connectivity index (χ3n) is 1.98. The standard InChI is InChI=1S/C13H16O2S/c1-10-7-12(9-13(15)8-10)5-3-4-6-16-11(2)14/h3,5,7-9,15H,4,6H2,1-2H3. The molecule has 0 bridgehead atoms. The van der Waals surface area contributed by atoms with Gasteiger partial charge in [0.1, 0.15) is 5.75 Å². The van der Waals surface area contributed by atoms with Gasteiger partial charge in [0.15, 0.2) is 5.12 Å². The van der Waals surface area contributed by atoms with Crippen LogP contribution in [-0.2, 0) is 4.79 Å². The minimum Gasteiger partial charge on any atom is -0.508 e. The van der Waals surface area contributed by atoms with Crippen LogP contribution in [0.5, 0.6) is 5.75 Å². The number of hydrogen-bond acceptors (Lipinski definition) is 3. The Morgan fingerprint density at radius 2 is 2.19 bits per heavy atom. The minimum absolute atomic E-state index is 0.154. The summed E-state index contributed by atoms with van der Waals surface area (Å²) in [6.07, 6.45) is 4.84. The van der Waals surface area contributed by atoms with Crippen LogP contribution in [-0.4, -0.2) is 16.0 Å². The predicted octanol–water partition coefficient (Wildman–Crippen LogP) is 3.38. The molecule has 0 fully saturated rings. The lowest BCUT2D eigenvalue weighted by atomic mass is 10.1. The fourth-order valence-electron chi connectivity index (χ4n) is 1.38. The van der Waals surface area contributed by atoms with E-state index >= 15 is 0 Å². The van der Waals surface area contributed by atoms with Crippen molar-refractivity contribution in [2.24, 2.45) is 0 Å². The fourth-order valence-corrected chi connectivity index (χ4v) is 1.92. The first-order valence-corrected chi connectivity index (χ1v) is 6.17. The van der Waals surface area contributed by atoms with Gasteiger partial charge in [0, 0.05) is 12.7 Å². The highest BCUT2D eigenvalue weighted by Gasteiger charge is 1.94. The molecule has 0 aliphatic rings. The van der Waals surface area contributed by atoms with Crippen molar-refractivity contribution in [1.29, 1.82) is 0 Å². The first-order chi connectivity index (χ1) is 7.58. The van der Waals surface area contributed by atoms with Crippen LogP contribution < -0.4 is 0 Å². The number of hydrogen-bond donors (Lipinski definition) is 1. The lowest BCUT2D eigenvalue weighted by molar-refractivity contribution is -0.109. The normalized spacial score (nSPS) is 10.9. The lowest BCUT2D eigenvalue weighted by Gasteiger charge is -1.98. The molecule has 16 heavy (non-hydrogen) atoms. The second-order valence-electron chi connectivity index (χ2n) is 3.63. The first kappa shape index (κ1) is 12.8. The Bertz CT molecular complexity index is 377. The minimum atomic E-state index is 0.154. The lowest BCUT2D eigenvalue weighted by Crippen LogP contribution is -1.83. The van der Waals surface area contributed by atoms with Crippen molar-refractivity contribution in [2.75, 3.05) is 5.75 Å². The number of phenolic OH excluding ortho intramolecular Hbond substituents is 1. The van der Waals surface area contributed by atoms with Gasteiger partial charge in [0.25, 0.3) is 0 Å². The highest BCUT2D eigenvalue weighted by Crippen LogP contribution is 2.16. The third kappa shape index (κ3) is 5.03. The van der Waals surface area contributed by atoms with Crippen LogP contribution in [0.25, 0.3) is 6.08 Å². The molecule has 0 aliphatic carbocycles. The zero-order chi connectivity index (χ0) is 12.0. The Balaban J connectivity index is 2.46. The average molecular weight is 236 g/mol. The summed E-state index contributed by atoms with van der Waals surface area (Å²) in [6.45, 7) is 3.52. The molecule has 0 aliphatic heterocycles. The molecule has 0 aromatic heterocycles. The predicted molar refractivity (Wildman–Crippen MR) is 69.6 cm³/mol. The summed E-state index contributed by atoms with van der Waals surface area (Å²) in [5, 5.41) is 9.54. The highest BCUT2D eigenvalue weighted by molar-refractivity contribution is 8.13. The molecule has 0 unspecified atom stereocenters. The Hall–Kier alpha value is -1.22. The highest BCUT2D eigenvalue weighted by atomic mass is 32.2. The topological polar surface area (TPSA) is 37.3 Å². The molecule has 0 saturated carbocycles. The van der Waals surface area contributed by atoms with E-state index in [1.165, 1.54) is 11.8 Å². The van der Waals surface area contributed by atoms with Gasteiger partial charge in [-0.2, -0.15) is 0 Å². The van der Waals surface area contributed by atoms with E-state index in [-0.39, 0.29) is 10.9 Å². The maximum atomic E-state index is 10.7. The first-order valence-electron chi connectivity index (χ1n) is 5.18. The van der Waals surface area contributed by atoms with E-state index in [9.17, 15) is 9.90 Å². The molecule has 0 heterocycles. The molecule has 0 radical (unpaired) electrons. The number of rotatable bonds is 4. The monoisotopic (exact) mass is 236 g/mol. The summed E-state index contributed by atoms with van der Waals surface area (Å²) in [4.78, 5) is 10.7. The number of aromatic hydroxyl groups is 1. The van der Waals surface area contributed by atoms with Crippen molar-refractivity contribution in [3.8, 4) is 5.75 Å². The zero-order valence-corrected chi connectivity index (χ0v) is 10.4. The molecule has 0 saturated heterocycles. The molecule has 0 spiro atoms. The van der Waals surface area contributed by atoms with Gasteiger partial charge in [-0.25, -0.2) is 0 Å².